The zero-order chi connectivity index (χ0) is 80.0. The molecule has 6 N–H and O–H groups in total. The molecule has 10 amide bonds. The van der Waals surface area contributed by atoms with Crippen LogP contribution in [0.1, 0.15) is 113 Å². The van der Waals surface area contributed by atoms with Gasteiger partial charge in [-0.15, -0.1) is 0 Å². The Morgan fingerprint density at radius 1 is 0.532 bits per heavy atom. The number of rotatable bonds is 46. The van der Waals surface area contributed by atoms with Crippen molar-refractivity contribution in [3.8, 4) is 23.0 Å². The average molecular weight is 1560 g/mol. The molecule has 0 unspecified atom stereocenters. The van der Waals surface area contributed by atoms with Gasteiger partial charge in [0.05, 0.1) is 168 Å². The lowest BCUT2D eigenvalue weighted by atomic mass is 10.0. The van der Waals surface area contributed by atoms with Crippen LogP contribution in [0, 0.1) is 5.92 Å². The van der Waals surface area contributed by atoms with Crippen LogP contribution in [0.4, 0.5) is 26.7 Å². The second-order valence-electron chi connectivity index (χ2n) is 27.7. The molecule has 0 spiro atoms. The summed E-state index contributed by atoms with van der Waals surface area (Å²) in [4.78, 5) is 137. The van der Waals surface area contributed by atoms with Crippen LogP contribution in [0.25, 0.3) is 0 Å². The number of benzene rings is 3. The van der Waals surface area contributed by atoms with Crippen molar-refractivity contribution in [2.24, 2.45) is 5.92 Å². The third-order valence-corrected chi connectivity index (χ3v) is 18.2. The van der Waals surface area contributed by atoms with Gasteiger partial charge >= 0.3 is 12.2 Å². The lowest BCUT2D eigenvalue weighted by molar-refractivity contribution is -0.137. The lowest BCUT2D eigenvalue weighted by Crippen LogP contribution is -2.53. The SMILES string of the molecule is COc1cc2c(cc1OCCCOc1cc3c(cc1OC)C(=O)N1CCC[C@H]1[C@H](O)N3C(=O)OC(C)(C)C)N(C(=O)OCc1ccc(NC(=O)[C@H](C)NC(=O)[C@@H](NC(=O)CCOCCOCCOCCOCCOCCOCCOCCOCCNC(=O)CCN3C(=O)C=CC3=O)C(C)C)cc1)[C@@H](O)[C@@H]1CCCN1C2=O. The van der Waals surface area contributed by atoms with Crippen LogP contribution < -0.4 is 50.0 Å². The number of hydrogen-bond donors (Lipinski definition) is 6. The predicted octanol–water partition coefficient (Wildman–Crippen LogP) is 3.85. The largest absolute Gasteiger partial charge is 0.493 e. The Hall–Kier alpha value is -9.30. The maximum absolute atomic E-state index is 14.3. The number of ether oxygens (including phenoxy) is 14. The maximum atomic E-state index is 14.3. The number of fused-ring (bicyclic) bond motifs is 4. The second kappa shape index (κ2) is 44.1. The quantitative estimate of drug-likeness (QED) is 0.0345. The molecule has 5 aliphatic rings. The Morgan fingerprint density at radius 2 is 0.982 bits per heavy atom. The van der Waals surface area contributed by atoms with Crippen LogP contribution in [0.3, 0.4) is 0 Å². The molecule has 2 saturated heterocycles. The molecule has 3 aromatic carbocycles. The summed E-state index contributed by atoms with van der Waals surface area (Å²) >= 11 is 0. The summed E-state index contributed by atoms with van der Waals surface area (Å²) in [6.45, 7) is 16.3. The molecule has 0 aliphatic carbocycles. The number of nitrogens with zero attached hydrogens (tertiary/aromatic N) is 5. The van der Waals surface area contributed by atoms with E-state index in [0.29, 0.717) is 142 Å². The van der Waals surface area contributed by atoms with E-state index in [2.05, 4.69) is 21.3 Å². The molecule has 35 nitrogen and oxygen atoms in total. The molecule has 0 bridgehead atoms. The molecule has 5 aliphatic heterocycles. The summed E-state index contributed by atoms with van der Waals surface area (Å²) in [7, 11) is 2.81. The zero-order valence-corrected chi connectivity index (χ0v) is 64.5. The van der Waals surface area contributed by atoms with Gasteiger partial charge < -0.3 is 108 Å². The first-order valence-corrected chi connectivity index (χ1v) is 37.5. The third-order valence-electron chi connectivity index (χ3n) is 18.2. The number of imide groups is 1. The molecule has 0 aromatic heterocycles. The van der Waals surface area contributed by atoms with Gasteiger partial charge in [-0.3, -0.25) is 43.3 Å². The van der Waals surface area contributed by atoms with Gasteiger partial charge in [0.25, 0.3) is 23.6 Å². The van der Waals surface area contributed by atoms with Gasteiger partial charge in [0.2, 0.25) is 23.6 Å². The van der Waals surface area contributed by atoms with E-state index in [9.17, 15) is 58.2 Å². The fraction of sp³-hybridized carbons (Fsp3) is 0.605. The number of hydrogen-bond acceptors (Lipinski definition) is 26. The van der Waals surface area contributed by atoms with Crippen LogP contribution >= 0.6 is 0 Å². The van der Waals surface area contributed by atoms with Crippen molar-refractivity contribution < 1.29 is 124 Å². The zero-order valence-electron chi connectivity index (χ0n) is 64.5. The minimum atomic E-state index is -1.52. The van der Waals surface area contributed by atoms with E-state index < -0.39 is 89.9 Å². The van der Waals surface area contributed by atoms with Gasteiger partial charge in [-0.1, -0.05) is 26.0 Å². The van der Waals surface area contributed by atoms with Crippen LogP contribution in [0.2, 0.25) is 0 Å². The normalized spacial score (nSPS) is 17.8. The first-order chi connectivity index (χ1) is 53.4. The molecule has 3 aromatic rings. The highest BCUT2D eigenvalue weighted by atomic mass is 16.6. The molecule has 612 valence electrons. The summed E-state index contributed by atoms with van der Waals surface area (Å²) in [5.74, 6) is -3.13. The molecular formula is C76H107N9O26. The Kier molecular flexibility index (Phi) is 34.7. The predicted molar refractivity (Wildman–Crippen MR) is 397 cm³/mol. The molecule has 0 saturated carbocycles. The molecule has 111 heavy (non-hydrogen) atoms. The first kappa shape index (κ1) is 87.3. The topological polar surface area (TPSA) is 405 Å². The number of carbonyl (C=O) groups excluding carboxylic acids is 10. The average Bonchev–Trinajstić information content (AvgIpc) is 1.63. The third kappa shape index (κ3) is 25.9. The van der Waals surface area contributed by atoms with Crippen LogP contribution in [0.15, 0.2) is 60.7 Å². The van der Waals surface area contributed by atoms with E-state index in [1.165, 1.54) is 62.5 Å². The Balaban J connectivity index is 0.676. The van der Waals surface area contributed by atoms with Crippen LogP contribution in [-0.4, -0.2) is 286 Å². The highest BCUT2D eigenvalue weighted by Gasteiger charge is 2.48. The van der Waals surface area contributed by atoms with Crippen molar-refractivity contribution in [3.05, 3.63) is 77.4 Å². The van der Waals surface area contributed by atoms with Crippen molar-refractivity contribution >= 4 is 76.5 Å². The van der Waals surface area contributed by atoms with Crippen LogP contribution in [-0.2, 0) is 82.7 Å². The minimum Gasteiger partial charge on any atom is -0.493 e. The van der Waals surface area contributed by atoms with Gasteiger partial charge in [0, 0.05) is 75.4 Å². The minimum absolute atomic E-state index is 0.00363. The lowest BCUT2D eigenvalue weighted by Gasteiger charge is -2.33. The standard InChI is InChI=1S/C76H107N9O26/c1-49(2)67(80-64(87)21-28-100-30-32-102-34-36-104-38-40-106-42-43-107-41-39-105-37-35-103-33-31-101-29-22-77-63(86)20-25-83-65(88)18-19-66(83)89)69(91)78-50(3)68(90)79-52-16-14-51(15-17-52)48-110-74(96)84-57-46-61(59(98-7)44-53(57)70(92)81-23-9-12-55(81)72(84)94)108-26-11-27-109-62-47-58-54(45-60(62)99-8)71(93)82-24-10-13-56(82)73(95)85(58)75(97)111-76(4,5)6/h14-19,44-47,49-50,55-56,67,72-73,94-95H,9-13,20-43,48H2,1-8H3,(H,77,86)(H,78,91)(H,79,90)(H,80,87)/t50-,55-,56-,67-,72-,73-/m0/s1. The van der Waals surface area contributed by atoms with Gasteiger partial charge in [-0.25, -0.2) is 19.4 Å². The molecule has 35 heteroatoms. The Labute approximate surface area is 645 Å². The number of methoxy groups -OCH3 is 2. The van der Waals surface area contributed by atoms with Crippen molar-refractivity contribution in [1.29, 1.82) is 0 Å². The van der Waals surface area contributed by atoms with Gasteiger partial charge in [-0.2, -0.15) is 0 Å². The highest BCUT2D eigenvalue weighted by Crippen LogP contribution is 2.44. The number of nitrogens with one attached hydrogen (secondary N) is 4. The molecule has 8 rings (SSSR count). The maximum Gasteiger partial charge on any atom is 0.417 e. The summed E-state index contributed by atoms with van der Waals surface area (Å²) in [5.41, 5.74) is 0.237. The van der Waals surface area contributed by atoms with Crippen molar-refractivity contribution in [3.63, 3.8) is 0 Å². The summed E-state index contributed by atoms with van der Waals surface area (Å²) in [5, 5.41) is 34.4. The van der Waals surface area contributed by atoms with Gasteiger partial charge in [0.15, 0.2) is 35.5 Å². The summed E-state index contributed by atoms with van der Waals surface area (Å²) in [6.07, 6.45) is -0.0472. The Bertz CT molecular complexity index is 3630. The smallest absolute Gasteiger partial charge is 0.417 e. The van der Waals surface area contributed by atoms with E-state index >= 15 is 0 Å². The number of aliphatic hydroxyl groups excluding tert-OH is 2. The fourth-order valence-electron chi connectivity index (χ4n) is 12.5. The Morgan fingerprint density at radius 3 is 1.43 bits per heavy atom. The van der Waals surface area contributed by atoms with E-state index in [1.54, 1.807) is 63.8 Å². The number of aliphatic hydroxyl groups is 2. The number of carbonyl (C=O) groups is 10. The van der Waals surface area contributed by atoms with Crippen LogP contribution in [0.5, 0.6) is 23.0 Å². The van der Waals surface area contributed by atoms with E-state index in [4.69, 9.17) is 66.3 Å². The first-order valence-electron chi connectivity index (χ1n) is 37.5. The number of amides is 10. The number of anilines is 3. The summed E-state index contributed by atoms with van der Waals surface area (Å²) in [6, 6.07) is 8.82. The molecule has 0 radical (unpaired) electrons. The van der Waals surface area contributed by atoms with E-state index in [-0.39, 0.29) is 129 Å². The molecule has 6 atom stereocenters. The van der Waals surface area contributed by atoms with E-state index in [1.807, 2.05) is 0 Å². The van der Waals surface area contributed by atoms with Crippen molar-refractivity contribution in [2.75, 3.05) is 174 Å². The van der Waals surface area contributed by atoms with Gasteiger partial charge in [0.1, 0.15) is 24.3 Å². The molecule has 5 heterocycles. The summed E-state index contributed by atoms with van der Waals surface area (Å²) < 4.78 is 79.3. The molecule has 2 fully saturated rings. The monoisotopic (exact) mass is 1560 g/mol. The van der Waals surface area contributed by atoms with E-state index in [0.717, 1.165) is 14.7 Å². The molecular weight excluding hydrogens is 1450 g/mol. The van der Waals surface area contributed by atoms with Gasteiger partial charge in [-0.05, 0) is 89.1 Å². The highest BCUT2D eigenvalue weighted by molar-refractivity contribution is 6.13. The second-order valence-corrected chi connectivity index (χ2v) is 27.7. The fourth-order valence-corrected chi connectivity index (χ4v) is 12.5. The van der Waals surface area contributed by atoms with Crippen molar-refractivity contribution in [2.45, 2.75) is 135 Å². The van der Waals surface area contributed by atoms with Crippen molar-refractivity contribution in [1.82, 2.24) is 30.7 Å².